The molecule has 0 bridgehead atoms. The standard InChI is InChI=1S/C11H23NO/c1-9(2)11-5-4-6-12(8-11)7-10(3)13/h9-11,13H,4-8H2,1-3H3. The van der Waals surface area contributed by atoms with Crippen molar-refractivity contribution in [2.75, 3.05) is 19.6 Å². The van der Waals surface area contributed by atoms with Crippen molar-refractivity contribution in [3.05, 3.63) is 0 Å². The zero-order valence-electron chi connectivity index (χ0n) is 9.16. The summed E-state index contributed by atoms with van der Waals surface area (Å²) < 4.78 is 0. The van der Waals surface area contributed by atoms with Crippen LogP contribution in [0.15, 0.2) is 0 Å². The molecular formula is C11H23NO. The second-order valence-corrected chi connectivity index (χ2v) is 4.75. The second kappa shape index (κ2) is 4.97. The van der Waals surface area contributed by atoms with Gasteiger partial charge >= 0.3 is 0 Å². The molecule has 1 fully saturated rings. The molecule has 1 aliphatic heterocycles. The fourth-order valence-corrected chi connectivity index (χ4v) is 2.17. The van der Waals surface area contributed by atoms with E-state index in [0.29, 0.717) is 0 Å². The Hall–Kier alpha value is -0.0800. The van der Waals surface area contributed by atoms with Gasteiger partial charge in [0.1, 0.15) is 0 Å². The van der Waals surface area contributed by atoms with Gasteiger partial charge in [-0.1, -0.05) is 13.8 Å². The van der Waals surface area contributed by atoms with Crippen LogP contribution in [0.3, 0.4) is 0 Å². The Morgan fingerprint density at radius 3 is 2.62 bits per heavy atom. The average molecular weight is 185 g/mol. The molecule has 1 saturated heterocycles. The van der Waals surface area contributed by atoms with Crippen LogP contribution in [-0.2, 0) is 0 Å². The summed E-state index contributed by atoms with van der Waals surface area (Å²) in [4.78, 5) is 2.40. The average Bonchev–Trinajstić information content (AvgIpc) is 2.03. The van der Waals surface area contributed by atoms with Crippen LogP contribution < -0.4 is 0 Å². The highest BCUT2D eigenvalue weighted by Gasteiger charge is 2.22. The minimum atomic E-state index is -0.175. The van der Waals surface area contributed by atoms with Gasteiger partial charge in [-0.25, -0.2) is 0 Å². The van der Waals surface area contributed by atoms with Gasteiger partial charge < -0.3 is 10.0 Å². The van der Waals surface area contributed by atoms with Gasteiger partial charge in [0.05, 0.1) is 6.10 Å². The monoisotopic (exact) mass is 185 g/mol. The van der Waals surface area contributed by atoms with Crippen molar-refractivity contribution >= 4 is 0 Å². The van der Waals surface area contributed by atoms with Gasteiger partial charge in [-0.15, -0.1) is 0 Å². The Morgan fingerprint density at radius 2 is 2.08 bits per heavy atom. The Bertz CT molecular complexity index is 145. The van der Waals surface area contributed by atoms with E-state index in [4.69, 9.17) is 0 Å². The molecule has 0 aromatic heterocycles. The lowest BCUT2D eigenvalue weighted by atomic mass is 9.88. The zero-order chi connectivity index (χ0) is 9.84. The predicted octanol–water partition coefficient (Wildman–Crippen LogP) is 1.74. The van der Waals surface area contributed by atoms with Crippen LogP contribution >= 0.6 is 0 Å². The SMILES string of the molecule is CC(O)CN1CCCC(C(C)C)C1. The van der Waals surface area contributed by atoms with Crippen molar-refractivity contribution in [1.82, 2.24) is 4.90 Å². The van der Waals surface area contributed by atoms with E-state index in [1.165, 1.54) is 25.9 Å². The molecule has 0 aromatic rings. The summed E-state index contributed by atoms with van der Waals surface area (Å²) in [7, 11) is 0. The van der Waals surface area contributed by atoms with Crippen LogP contribution in [0.4, 0.5) is 0 Å². The lowest BCUT2D eigenvalue weighted by molar-refractivity contribution is 0.0834. The summed E-state index contributed by atoms with van der Waals surface area (Å²) in [5, 5.41) is 9.29. The van der Waals surface area contributed by atoms with E-state index in [0.717, 1.165) is 18.4 Å². The zero-order valence-corrected chi connectivity index (χ0v) is 9.16. The molecular weight excluding hydrogens is 162 g/mol. The molecule has 0 saturated carbocycles. The number of piperidine rings is 1. The highest BCUT2D eigenvalue weighted by atomic mass is 16.3. The van der Waals surface area contributed by atoms with Crippen LogP contribution in [0.25, 0.3) is 0 Å². The van der Waals surface area contributed by atoms with E-state index >= 15 is 0 Å². The third kappa shape index (κ3) is 3.65. The number of hydrogen-bond acceptors (Lipinski definition) is 2. The van der Waals surface area contributed by atoms with E-state index in [1.807, 2.05) is 6.92 Å². The van der Waals surface area contributed by atoms with Gasteiger partial charge in [0, 0.05) is 13.1 Å². The molecule has 0 amide bonds. The van der Waals surface area contributed by atoms with Crippen LogP contribution in [0.5, 0.6) is 0 Å². The number of hydrogen-bond donors (Lipinski definition) is 1. The maximum atomic E-state index is 9.29. The highest BCUT2D eigenvalue weighted by molar-refractivity contribution is 4.75. The predicted molar refractivity (Wildman–Crippen MR) is 55.7 cm³/mol. The summed E-state index contributed by atoms with van der Waals surface area (Å²) in [6.07, 6.45) is 2.50. The first-order valence-corrected chi connectivity index (χ1v) is 5.50. The Kier molecular flexibility index (Phi) is 4.20. The van der Waals surface area contributed by atoms with Crippen LogP contribution in [0.2, 0.25) is 0 Å². The molecule has 1 rings (SSSR count). The Labute approximate surface area is 81.9 Å². The summed E-state index contributed by atoms with van der Waals surface area (Å²) in [6, 6.07) is 0. The lowest BCUT2D eigenvalue weighted by Crippen LogP contribution is -2.40. The molecule has 13 heavy (non-hydrogen) atoms. The van der Waals surface area contributed by atoms with Gasteiger partial charge in [-0.05, 0) is 38.1 Å². The molecule has 2 atom stereocenters. The fraction of sp³-hybridized carbons (Fsp3) is 1.00. The summed E-state index contributed by atoms with van der Waals surface area (Å²) >= 11 is 0. The minimum Gasteiger partial charge on any atom is -0.392 e. The number of nitrogens with zero attached hydrogens (tertiary/aromatic N) is 1. The van der Waals surface area contributed by atoms with Crippen LogP contribution in [0.1, 0.15) is 33.6 Å². The van der Waals surface area contributed by atoms with Crippen LogP contribution in [-0.4, -0.2) is 35.7 Å². The van der Waals surface area contributed by atoms with Crippen molar-refractivity contribution in [3.63, 3.8) is 0 Å². The van der Waals surface area contributed by atoms with E-state index in [-0.39, 0.29) is 6.10 Å². The largest absolute Gasteiger partial charge is 0.392 e. The third-order valence-electron chi connectivity index (χ3n) is 3.01. The molecule has 1 heterocycles. The number of aliphatic hydroxyl groups excluding tert-OH is 1. The number of rotatable bonds is 3. The highest BCUT2D eigenvalue weighted by Crippen LogP contribution is 2.23. The first-order chi connectivity index (χ1) is 6.09. The van der Waals surface area contributed by atoms with Gasteiger partial charge in [0.15, 0.2) is 0 Å². The van der Waals surface area contributed by atoms with E-state index in [9.17, 15) is 5.11 Å². The van der Waals surface area contributed by atoms with Crippen molar-refractivity contribution in [2.45, 2.75) is 39.7 Å². The Morgan fingerprint density at radius 1 is 1.38 bits per heavy atom. The van der Waals surface area contributed by atoms with Crippen molar-refractivity contribution in [3.8, 4) is 0 Å². The van der Waals surface area contributed by atoms with Gasteiger partial charge in [-0.2, -0.15) is 0 Å². The van der Waals surface area contributed by atoms with E-state index < -0.39 is 0 Å². The number of likely N-dealkylation sites (tertiary alicyclic amines) is 1. The van der Waals surface area contributed by atoms with Gasteiger partial charge in [-0.3, -0.25) is 0 Å². The van der Waals surface area contributed by atoms with Crippen LogP contribution in [0, 0.1) is 11.8 Å². The molecule has 2 unspecified atom stereocenters. The van der Waals surface area contributed by atoms with E-state index in [1.54, 1.807) is 0 Å². The molecule has 0 radical (unpaired) electrons. The molecule has 78 valence electrons. The maximum absolute atomic E-state index is 9.29. The Balaban J connectivity index is 2.33. The summed E-state index contributed by atoms with van der Waals surface area (Å²) in [5.74, 6) is 1.63. The molecule has 1 N–H and O–H groups in total. The molecule has 2 heteroatoms. The van der Waals surface area contributed by atoms with Crippen molar-refractivity contribution < 1.29 is 5.11 Å². The minimum absolute atomic E-state index is 0.175. The number of aliphatic hydroxyl groups is 1. The topological polar surface area (TPSA) is 23.5 Å². The smallest absolute Gasteiger partial charge is 0.0639 e. The lowest BCUT2D eigenvalue weighted by Gasteiger charge is -2.35. The summed E-state index contributed by atoms with van der Waals surface area (Å²) in [5.41, 5.74) is 0. The number of β-amino-alcohol motifs (C(OH)–C–C–N with tert-alkyl or cyclic N) is 1. The quantitative estimate of drug-likeness (QED) is 0.724. The molecule has 0 aromatic carbocycles. The maximum Gasteiger partial charge on any atom is 0.0639 e. The molecule has 1 aliphatic rings. The second-order valence-electron chi connectivity index (χ2n) is 4.75. The normalized spacial score (nSPS) is 27.9. The summed E-state index contributed by atoms with van der Waals surface area (Å²) in [6.45, 7) is 9.69. The first-order valence-electron chi connectivity index (χ1n) is 5.50. The van der Waals surface area contributed by atoms with Crippen molar-refractivity contribution in [2.24, 2.45) is 11.8 Å². The molecule has 2 nitrogen and oxygen atoms in total. The van der Waals surface area contributed by atoms with Gasteiger partial charge in [0.2, 0.25) is 0 Å². The molecule has 0 aliphatic carbocycles. The van der Waals surface area contributed by atoms with Gasteiger partial charge in [0.25, 0.3) is 0 Å². The fourth-order valence-electron chi connectivity index (χ4n) is 2.17. The first kappa shape index (κ1) is 11.0. The third-order valence-corrected chi connectivity index (χ3v) is 3.01. The van der Waals surface area contributed by atoms with E-state index in [2.05, 4.69) is 18.7 Å². The molecule has 0 spiro atoms. The van der Waals surface area contributed by atoms with Crippen molar-refractivity contribution in [1.29, 1.82) is 0 Å².